The highest BCUT2D eigenvalue weighted by molar-refractivity contribution is 5.77. The molecule has 1 heterocycles. The van der Waals surface area contributed by atoms with E-state index in [1.54, 1.807) is 12.3 Å². The molecule has 1 aromatic rings. The molecule has 0 spiro atoms. The SMILES string of the molecule is NC(=O)CCCC(=O)NCCc1cccnn1. The maximum atomic E-state index is 11.3. The molecule has 0 radical (unpaired) electrons. The molecule has 3 N–H and O–H groups in total. The zero-order valence-electron chi connectivity index (χ0n) is 9.56. The number of nitrogens with zero attached hydrogens (tertiary/aromatic N) is 2. The minimum Gasteiger partial charge on any atom is -0.370 e. The Morgan fingerprint density at radius 2 is 2.18 bits per heavy atom. The van der Waals surface area contributed by atoms with Crippen LogP contribution in [0, 0.1) is 0 Å². The molecule has 0 unspecified atom stereocenters. The van der Waals surface area contributed by atoms with E-state index in [2.05, 4.69) is 15.5 Å². The van der Waals surface area contributed by atoms with Crippen molar-refractivity contribution in [2.45, 2.75) is 25.7 Å². The van der Waals surface area contributed by atoms with Gasteiger partial charge < -0.3 is 11.1 Å². The standard InChI is InChI=1S/C11H16N4O2/c12-10(16)4-1-5-11(17)13-8-6-9-3-2-7-14-15-9/h2-3,7H,1,4-6,8H2,(H2,12,16)(H,13,17). The number of rotatable bonds is 7. The van der Waals surface area contributed by atoms with Crippen LogP contribution < -0.4 is 11.1 Å². The Balaban J connectivity index is 2.10. The maximum absolute atomic E-state index is 11.3. The molecule has 0 aliphatic heterocycles. The van der Waals surface area contributed by atoms with Gasteiger partial charge in [-0.15, -0.1) is 0 Å². The van der Waals surface area contributed by atoms with Crippen molar-refractivity contribution in [1.82, 2.24) is 15.5 Å². The largest absolute Gasteiger partial charge is 0.370 e. The minimum absolute atomic E-state index is 0.0739. The van der Waals surface area contributed by atoms with Crippen molar-refractivity contribution in [1.29, 1.82) is 0 Å². The average molecular weight is 236 g/mol. The van der Waals surface area contributed by atoms with Crippen LogP contribution in [0.1, 0.15) is 25.0 Å². The molecule has 0 fully saturated rings. The van der Waals surface area contributed by atoms with E-state index in [0.29, 0.717) is 25.8 Å². The van der Waals surface area contributed by atoms with Gasteiger partial charge in [0, 0.05) is 32.0 Å². The zero-order chi connectivity index (χ0) is 12.5. The van der Waals surface area contributed by atoms with Crippen LogP contribution in [0.25, 0.3) is 0 Å². The summed E-state index contributed by atoms with van der Waals surface area (Å²) in [5, 5.41) is 10.4. The van der Waals surface area contributed by atoms with Crippen LogP contribution >= 0.6 is 0 Å². The highest BCUT2D eigenvalue weighted by Gasteiger charge is 2.02. The third kappa shape index (κ3) is 6.24. The highest BCUT2D eigenvalue weighted by atomic mass is 16.2. The molecular weight excluding hydrogens is 220 g/mol. The summed E-state index contributed by atoms with van der Waals surface area (Å²) >= 11 is 0. The molecule has 6 nitrogen and oxygen atoms in total. The first-order chi connectivity index (χ1) is 8.18. The van der Waals surface area contributed by atoms with E-state index in [9.17, 15) is 9.59 Å². The van der Waals surface area contributed by atoms with E-state index in [-0.39, 0.29) is 18.2 Å². The first-order valence-corrected chi connectivity index (χ1v) is 5.50. The molecule has 6 heteroatoms. The molecule has 1 rings (SSSR count). The Hall–Kier alpha value is -1.98. The molecule has 1 aromatic heterocycles. The number of aromatic nitrogens is 2. The smallest absolute Gasteiger partial charge is 0.220 e. The van der Waals surface area contributed by atoms with Gasteiger partial charge in [-0.1, -0.05) is 0 Å². The number of nitrogens with two attached hydrogens (primary N) is 1. The van der Waals surface area contributed by atoms with E-state index >= 15 is 0 Å². The molecule has 0 saturated carbocycles. The Bertz CT molecular complexity index is 367. The predicted molar refractivity (Wildman–Crippen MR) is 61.8 cm³/mol. The number of nitrogens with one attached hydrogen (secondary N) is 1. The number of primary amides is 1. The van der Waals surface area contributed by atoms with Crippen LogP contribution in [0.3, 0.4) is 0 Å². The molecule has 0 aromatic carbocycles. The summed E-state index contributed by atoms with van der Waals surface area (Å²) in [5.74, 6) is -0.451. The second kappa shape index (κ2) is 7.32. The fourth-order valence-corrected chi connectivity index (χ4v) is 1.31. The number of hydrogen-bond acceptors (Lipinski definition) is 4. The lowest BCUT2D eigenvalue weighted by atomic mass is 10.2. The van der Waals surface area contributed by atoms with Crippen molar-refractivity contribution < 1.29 is 9.59 Å². The van der Waals surface area contributed by atoms with Gasteiger partial charge in [0.05, 0.1) is 5.69 Å². The second-order valence-electron chi connectivity index (χ2n) is 3.63. The molecule has 92 valence electrons. The average Bonchev–Trinajstić information content (AvgIpc) is 2.30. The van der Waals surface area contributed by atoms with Crippen LogP contribution in [0.4, 0.5) is 0 Å². The fourth-order valence-electron chi connectivity index (χ4n) is 1.31. The number of hydrogen-bond donors (Lipinski definition) is 2. The second-order valence-corrected chi connectivity index (χ2v) is 3.63. The van der Waals surface area contributed by atoms with E-state index < -0.39 is 0 Å². The summed E-state index contributed by atoms with van der Waals surface area (Å²) in [5.41, 5.74) is 5.81. The van der Waals surface area contributed by atoms with Crippen LogP contribution in [0.5, 0.6) is 0 Å². The Kier molecular flexibility index (Phi) is 5.63. The van der Waals surface area contributed by atoms with Crippen LogP contribution in [0.15, 0.2) is 18.3 Å². The van der Waals surface area contributed by atoms with E-state index in [1.165, 1.54) is 0 Å². The normalized spacial score (nSPS) is 9.88. The Labute approximate surface area is 99.6 Å². The molecule has 0 atom stereocenters. The van der Waals surface area contributed by atoms with E-state index in [4.69, 9.17) is 5.73 Å². The predicted octanol–water partition coefficient (Wildman–Crippen LogP) is -0.209. The lowest BCUT2D eigenvalue weighted by Gasteiger charge is -2.03. The van der Waals surface area contributed by atoms with Gasteiger partial charge in [0.2, 0.25) is 11.8 Å². The fraction of sp³-hybridized carbons (Fsp3) is 0.455. The number of carbonyl (C=O) groups excluding carboxylic acids is 2. The van der Waals surface area contributed by atoms with Crippen LogP contribution in [-0.2, 0) is 16.0 Å². The lowest BCUT2D eigenvalue weighted by molar-refractivity contribution is -0.121. The molecule has 0 aliphatic carbocycles. The van der Waals surface area contributed by atoms with E-state index in [1.807, 2.05) is 6.07 Å². The zero-order valence-corrected chi connectivity index (χ0v) is 9.56. The van der Waals surface area contributed by atoms with Crippen molar-refractivity contribution in [2.75, 3.05) is 6.54 Å². The Morgan fingerprint density at radius 3 is 2.82 bits per heavy atom. The summed E-state index contributed by atoms with van der Waals surface area (Å²) in [4.78, 5) is 21.8. The molecule has 17 heavy (non-hydrogen) atoms. The van der Waals surface area contributed by atoms with E-state index in [0.717, 1.165) is 5.69 Å². The van der Waals surface area contributed by atoms with Gasteiger partial charge in [0.25, 0.3) is 0 Å². The highest BCUT2D eigenvalue weighted by Crippen LogP contribution is 1.95. The number of amides is 2. The first kappa shape index (κ1) is 13.1. The van der Waals surface area contributed by atoms with Crippen molar-refractivity contribution in [2.24, 2.45) is 5.73 Å². The molecule has 2 amide bonds. The quantitative estimate of drug-likeness (QED) is 0.684. The Morgan fingerprint density at radius 1 is 1.35 bits per heavy atom. The minimum atomic E-state index is -0.377. The number of carbonyl (C=O) groups is 2. The van der Waals surface area contributed by atoms with Crippen molar-refractivity contribution in [3.8, 4) is 0 Å². The van der Waals surface area contributed by atoms with Gasteiger partial charge in [-0.3, -0.25) is 9.59 Å². The summed E-state index contributed by atoms with van der Waals surface area (Å²) in [6.07, 6.45) is 3.31. The summed E-state index contributed by atoms with van der Waals surface area (Å²) in [6.45, 7) is 0.522. The first-order valence-electron chi connectivity index (χ1n) is 5.50. The molecule has 0 aliphatic rings. The molecular formula is C11H16N4O2. The van der Waals surface area contributed by atoms with Gasteiger partial charge in [0.15, 0.2) is 0 Å². The van der Waals surface area contributed by atoms with Crippen LogP contribution in [-0.4, -0.2) is 28.6 Å². The van der Waals surface area contributed by atoms with Gasteiger partial charge in [0.1, 0.15) is 0 Å². The van der Waals surface area contributed by atoms with Crippen LogP contribution in [0.2, 0.25) is 0 Å². The van der Waals surface area contributed by atoms with Gasteiger partial charge >= 0.3 is 0 Å². The lowest BCUT2D eigenvalue weighted by Crippen LogP contribution is -2.26. The third-order valence-corrected chi connectivity index (χ3v) is 2.16. The summed E-state index contributed by atoms with van der Waals surface area (Å²) in [6, 6.07) is 3.66. The monoisotopic (exact) mass is 236 g/mol. The summed E-state index contributed by atoms with van der Waals surface area (Å²) < 4.78 is 0. The van der Waals surface area contributed by atoms with Gasteiger partial charge in [-0.2, -0.15) is 10.2 Å². The maximum Gasteiger partial charge on any atom is 0.220 e. The van der Waals surface area contributed by atoms with Gasteiger partial charge in [-0.25, -0.2) is 0 Å². The van der Waals surface area contributed by atoms with Crippen molar-refractivity contribution in [3.05, 3.63) is 24.0 Å². The summed E-state index contributed by atoms with van der Waals surface area (Å²) in [7, 11) is 0. The topological polar surface area (TPSA) is 98.0 Å². The van der Waals surface area contributed by atoms with Gasteiger partial charge in [-0.05, 0) is 18.6 Å². The third-order valence-electron chi connectivity index (χ3n) is 2.16. The van der Waals surface area contributed by atoms with Crippen molar-refractivity contribution in [3.63, 3.8) is 0 Å². The molecule has 0 saturated heterocycles. The van der Waals surface area contributed by atoms with Crippen molar-refractivity contribution >= 4 is 11.8 Å². The molecule has 0 bridgehead atoms.